The smallest absolute Gasteiger partial charge is 0.337 e. The fraction of sp³-hybridized carbons (Fsp3) is 0.480. The number of hydrogen-bond donors (Lipinski definition) is 0. The summed E-state index contributed by atoms with van der Waals surface area (Å²) in [4.78, 5) is 41.3. The number of hydrazone groups is 1. The molecular formula is C25H29F3N8O2. The van der Waals surface area contributed by atoms with E-state index in [9.17, 15) is 22.8 Å². The Bertz CT molecular complexity index is 1220. The fourth-order valence-electron chi connectivity index (χ4n) is 5.06. The number of hydrogen-bond acceptors (Lipinski definition) is 7. The average molecular weight is 531 g/mol. The van der Waals surface area contributed by atoms with Crippen LogP contribution in [0.25, 0.3) is 0 Å². The number of anilines is 1. The number of nitrogens with zero attached hydrogens (tertiary/aromatic N) is 8. The number of benzene rings is 1. The predicted molar refractivity (Wildman–Crippen MR) is 133 cm³/mol. The normalized spacial score (nSPS) is 19.9. The van der Waals surface area contributed by atoms with Crippen molar-refractivity contribution in [1.29, 1.82) is 0 Å². The predicted octanol–water partition coefficient (Wildman–Crippen LogP) is 2.20. The minimum Gasteiger partial charge on any atom is -0.337 e. The first-order valence-electron chi connectivity index (χ1n) is 12.5. The molecule has 1 unspecified atom stereocenters. The topological polar surface area (TPSA) is 88.5 Å². The maximum atomic E-state index is 14.5. The van der Waals surface area contributed by atoms with E-state index in [0.717, 1.165) is 18.8 Å². The van der Waals surface area contributed by atoms with Crippen LogP contribution in [0.15, 0.2) is 29.5 Å². The Morgan fingerprint density at radius 1 is 1.00 bits per heavy atom. The molecule has 3 amide bonds. The van der Waals surface area contributed by atoms with E-state index in [-0.39, 0.29) is 17.7 Å². The van der Waals surface area contributed by atoms with E-state index in [0.29, 0.717) is 57.2 Å². The zero-order valence-corrected chi connectivity index (χ0v) is 21.2. The van der Waals surface area contributed by atoms with Gasteiger partial charge in [0.05, 0.1) is 12.2 Å². The van der Waals surface area contributed by atoms with E-state index in [1.807, 2.05) is 14.1 Å². The number of carbonyl (C=O) groups excluding carboxylic acids is 2. The van der Waals surface area contributed by atoms with Crippen molar-refractivity contribution in [3.05, 3.63) is 53.1 Å². The Morgan fingerprint density at radius 2 is 1.68 bits per heavy atom. The van der Waals surface area contributed by atoms with Gasteiger partial charge in [0.15, 0.2) is 11.5 Å². The lowest BCUT2D eigenvalue weighted by atomic mass is 9.99. The van der Waals surface area contributed by atoms with Crippen LogP contribution in [0.1, 0.15) is 28.5 Å². The fourth-order valence-corrected chi connectivity index (χ4v) is 5.06. The van der Waals surface area contributed by atoms with Crippen LogP contribution >= 0.6 is 0 Å². The first kappa shape index (κ1) is 25.9. The zero-order chi connectivity index (χ0) is 27.0. The molecular weight excluding hydrogens is 501 g/mol. The molecule has 3 aliphatic rings. The average Bonchev–Trinajstić information content (AvgIpc) is 3.35. The van der Waals surface area contributed by atoms with E-state index in [4.69, 9.17) is 0 Å². The van der Waals surface area contributed by atoms with Crippen LogP contribution in [-0.4, -0.2) is 108 Å². The van der Waals surface area contributed by atoms with Gasteiger partial charge in [-0.2, -0.15) is 5.10 Å². The summed E-state index contributed by atoms with van der Waals surface area (Å²) >= 11 is 0. The van der Waals surface area contributed by atoms with Gasteiger partial charge in [0, 0.05) is 70.4 Å². The third-order valence-electron chi connectivity index (χ3n) is 6.93. The molecule has 1 atom stereocenters. The van der Waals surface area contributed by atoms with Gasteiger partial charge < -0.3 is 19.6 Å². The first-order valence-corrected chi connectivity index (χ1v) is 12.5. The lowest BCUT2D eigenvalue weighted by Gasteiger charge is -2.40. The second kappa shape index (κ2) is 10.6. The van der Waals surface area contributed by atoms with Crippen LogP contribution in [0.3, 0.4) is 0 Å². The molecule has 1 aromatic heterocycles. The van der Waals surface area contributed by atoms with Crippen LogP contribution in [0.2, 0.25) is 0 Å². The molecule has 2 aromatic rings. The standard InChI is InChI=1S/C25H29F3N8O2/c1-32(2)13-16-14-35(15-16)23(37)22-20(28)12-29-24(31-22)33-5-7-34(8-6-33)25(38)36-21(3-4-30-36)17-9-18(26)11-19(27)10-17/h4,9-12,16,21H,3,5-8,13-15H2,1-2H3. The van der Waals surface area contributed by atoms with Crippen molar-refractivity contribution in [3.8, 4) is 0 Å². The van der Waals surface area contributed by atoms with Crippen molar-refractivity contribution in [2.45, 2.75) is 12.5 Å². The molecule has 1 aromatic carbocycles. The summed E-state index contributed by atoms with van der Waals surface area (Å²) in [6.45, 7) is 3.28. The number of amides is 3. The van der Waals surface area contributed by atoms with Gasteiger partial charge in [-0.05, 0) is 31.8 Å². The molecule has 0 aliphatic carbocycles. The lowest BCUT2D eigenvalue weighted by molar-refractivity contribution is 0.0439. The molecule has 2 saturated heterocycles. The summed E-state index contributed by atoms with van der Waals surface area (Å²) in [5.41, 5.74) is 0.0764. The zero-order valence-electron chi connectivity index (χ0n) is 21.2. The number of piperazine rings is 1. The molecule has 0 saturated carbocycles. The second-order valence-corrected chi connectivity index (χ2v) is 10.1. The Morgan fingerprint density at radius 3 is 2.34 bits per heavy atom. The number of rotatable bonds is 5. The van der Waals surface area contributed by atoms with Crippen molar-refractivity contribution in [2.75, 3.05) is 64.8 Å². The highest BCUT2D eigenvalue weighted by molar-refractivity contribution is 5.93. The van der Waals surface area contributed by atoms with Gasteiger partial charge in [-0.3, -0.25) is 4.79 Å². The van der Waals surface area contributed by atoms with Gasteiger partial charge in [-0.1, -0.05) is 0 Å². The Hall–Kier alpha value is -3.74. The molecule has 202 valence electrons. The second-order valence-electron chi connectivity index (χ2n) is 10.1. The molecule has 3 aliphatic heterocycles. The maximum Gasteiger partial charge on any atom is 0.341 e. The number of aromatic nitrogens is 2. The molecule has 38 heavy (non-hydrogen) atoms. The van der Waals surface area contributed by atoms with Gasteiger partial charge in [-0.25, -0.2) is 32.9 Å². The quantitative estimate of drug-likeness (QED) is 0.589. The van der Waals surface area contributed by atoms with Crippen molar-refractivity contribution < 1.29 is 22.8 Å². The first-order chi connectivity index (χ1) is 18.2. The summed E-state index contributed by atoms with van der Waals surface area (Å²) in [6, 6.07) is 2.21. The largest absolute Gasteiger partial charge is 0.341 e. The highest BCUT2D eigenvalue weighted by Crippen LogP contribution is 2.30. The van der Waals surface area contributed by atoms with Gasteiger partial charge in [0.2, 0.25) is 5.95 Å². The van der Waals surface area contributed by atoms with Crippen molar-refractivity contribution in [2.24, 2.45) is 11.0 Å². The number of carbonyl (C=O) groups is 2. The SMILES string of the molecule is CN(C)CC1CN(C(=O)c2nc(N3CCN(C(=O)N4N=CCC4c4cc(F)cc(F)c4)CC3)ncc2F)C1. The number of halogens is 3. The Labute approximate surface area is 218 Å². The van der Waals surface area contributed by atoms with Crippen LogP contribution < -0.4 is 4.90 Å². The van der Waals surface area contributed by atoms with E-state index in [2.05, 4.69) is 20.0 Å². The molecule has 2 fully saturated rings. The summed E-state index contributed by atoms with van der Waals surface area (Å²) in [7, 11) is 3.94. The third kappa shape index (κ3) is 5.28. The molecule has 0 radical (unpaired) electrons. The lowest BCUT2D eigenvalue weighted by Crippen LogP contribution is -2.53. The minimum absolute atomic E-state index is 0.222. The van der Waals surface area contributed by atoms with Crippen LogP contribution in [0.4, 0.5) is 23.9 Å². The van der Waals surface area contributed by atoms with Crippen LogP contribution in [0.5, 0.6) is 0 Å². The Kier molecular flexibility index (Phi) is 7.19. The van der Waals surface area contributed by atoms with Crippen molar-refractivity contribution >= 4 is 24.1 Å². The third-order valence-corrected chi connectivity index (χ3v) is 6.93. The van der Waals surface area contributed by atoms with E-state index in [1.165, 1.54) is 17.1 Å². The molecule has 10 nitrogen and oxygen atoms in total. The van der Waals surface area contributed by atoms with Crippen molar-refractivity contribution in [1.82, 2.24) is 29.7 Å². The molecule has 0 spiro atoms. The monoisotopic (exact) mass is 530 g/mol. The molecule has 13 heteroatoms. The van der Waals surface area contributed by atoms with E-state index in [1.54, 1.807) is 20.9 Å². The van der Waals surface area contributed by atoms with Crippen LogP contribution in [-0.2, 0) is 0 Å². The van der Waals surface area contributed by atoms with Gasteiger partial charge >= 0.3 is 6.03 Å². The number of likely N-dealkylation sites (tertiary alicyclic amines) is 1. The summed E-state index contributed by atoms with van der Waals surface area (Å²) in [5.74, 6) is -2.08. The molecule has 0 N–H and O–H groups in total. The van der Waals surface area contributed by atoms with Crippen LogP contribution in [0, 0.1) is 23.4 Å². The van der Waals surface area contributed by atoms with E-state index < -0.39 is 29.4 Å². The highest BCUT2D eigenvalue weighted by Gasteiger charge is 2.36. The van der Waals surface area contributed by atoms with Gasteiger partial charge in [0.25, 0.3) is 5.91 Å². The molecule has 5 rings (SSSR count). The summed E-state index contributed by atoms with van der Waals surface area (Å²) in [5, 5.41) is 5.39. The van der Waals surface area contributed by atoms with Crippen molar-refractivity contribution in [3.63, 3.8) is 0 Å². The summed E-state index contributed by atoms with van der Waals surface area (Å²) < 4.78 is 41.9. The minimum atomic E-state index is -0.768. The molecule has 0 bridgehead atoms. The van der Waals surface area contributed by atoms with Gasteiger partial charge in [-0.15, -0.1) is 0 Å². The molecule has 4 heterocycles. The number of urea groups is 1. The summed E-state index contributed by atoms with van der Waals surface area (Å²) in [6.07, 6.45) is 2.90. The Balaban J connectivity index is 1.21. The van der Waals surface area contributed by atoms with E-state index >= 15 is 0 Å². The highest BCUT2D eigenvalue weighted by atomic mass is 19.1. The maximum absolute atomic E-state index is 14.5. The van der Waals surface area contributed by atoms with Gasteiger partial charge in [0.1, 0.15) is 11.6 Å².